The molecule has 1 amide bonds. The molecular formula is C16H18ClNO4S. The van der Waals surface area contributed by atoms with Gasteiger partial charge in [-0.25, -0.2) is 8.42 Å². The van der Waals surface area contributed by atoms with Crippen molar-refractivity contribution in [3.8, 4) is 0 Å². The van der Waals surface area contributed by atoms with Gasteiger partial charge in [0.2, 0.25) is 5.91 Å². The number of nitrogens with one attached hydrogen (secondary N) is 1. The number of hydrogen-bond donors (Lipinski definition) is 1. The second-order valence-corrected chi connectivity index (χ2v) is 7.62. The topological polar surface area (TPSA) is 76.4 Å². The van der Waals surface area contributed by atoms with Crippen LogP contribution < -0.4 is 5.32 Å². The van der Waals surface area contributed by atoms with Crippen LogP contribution in [0.1, 0.15) is 30.8 Å². The van der Waals surface area contributed by atoms with E-state index in [0.717, 1.165) is 0 Å². The average Bonchev–Trinajstić information content (AvgIpc) is 3.02. The van der Waals surface area contributed by atoms with Crippen LogP contribution in [0.2, 0.25) is 5.02 Å². The highest BCUT2D eigenvalue weighted by Gasteiger charge is 2.31. The zero-order valence-corrected chi connectivity index (χ0v) is 14.2. The lowest BCUT2D eigenvalue weighted by Crippen LogP contribution is -2.31. The third kappa shape index (κ3) is 4.36. The maximum absolute atomic E-state index is 12.9. The van der Waals surface area contributed by atoms with E-state index < -0.39 is 15.1 Å². The highest BCUT2D eigenvalue weighted by molar-refractivity contribution is 7.91. The molecule has 0 aliphatic rings. The van der Waals surface area contributed by atoms with E-state index in [2.05, 4.69) is 5.32 Å². The minimum Gasteiger partial charge on any atom is -0.468 e. The summed E-state index contributed by atoms with van der Waals surface area (Å²) in [5, 5.41) is 2.12. The lowest BCUT2D eigenvalue weighted by molar-refractivity contribution is -0.121. The van der Waals surface area contributed by atoms with Crippen LogP contribution in [0.15, 0.2) is 52.0 Å². The van der Waals surface area contributed by atoms with E-state index in [-0.39, 0.29) is 23.1 Å². The van der Waals surface area contributed by atoms with Crippen LogP contribution in [-0.4, -0.2) is 20.9 Å². The lowest BCUT2D eigenvalue weighted by Gasteiger charge is -2.16. The summed E-state index contributed by atoms with van der Waals surface area (Å²) in [7, 11) is -3.72. The molecule has 1 N–H and O–H groups in total. The summed E-state index contributed by atoms with van der Waals surface area (Å²) in [6, 6.07) is 9.13. The number of carbonyl (C=O) groups excluding carboxylic acids is 1. The van der Waals surface area contributed by atoms with E-state index in [4.69, 9.17) is 16.0 Å². The molecule has 1 unspecified atom stereocenters. The largest absolute Gasteiger partial charge is 0.468 e. The highest BCUT2D eigenvalue weighted by atomic mass is 35.5. The van der Waals surface area contributed by atoms with Crippen molar-refractivity contribution >= 4 is 27.3 Å². The average molecular weight is 356 g/mol. The van der Waals surface area contributed by atoms with Gasteiger partial charge in [-0.2, -0.15) is 0 Å². The summed E-state index contributed by atoms with van der Waals surface area (Å²) in [5.74, 6) is 0.104. The van der Waals surface area contributed by atoms with Crippen molar-refractivity contribution in [3.63, 3.8) is 0 Å². The van der Waals surface area contributed by atoms with Gasteiger partial charge in [-0.1, -0.05) is 18.5 Å². The Morgan fingerprint density at radius 3 is 2.52 bits per heavy atom. The normalized spacial score (nSPS) is 12.8. The minimum atomic E-state index is -3.72. The van der Waals surface area contributed by atoms with E-state index in [1.807, 2.05) is 6.92 Å². The van der Waals surface area contributed by atoms with Crippen LogP contribution in [0.5, 0.6) is 0 Å². The van der Waals surface area contributed by atoms with E-state index in [9.17, 15) is 13.2 Å². The molecule has 23 heavy (non-hydrogen) atoms. The summed E-state index contributed by atoms with van der Waals surface area (Å²) in [6.07, 6.45) is 2.46. The monoisotopic (exact) mass is 355 g/mol. The number of hydrogen-bond acceptors (Lipinski definition) is 4. The van der Waals surface area contributed by atoms with Crippen LogP contribution in [0.3, 0.4) is 0 Å². The fourth-order valence-corrected chi connectivity index (χ4v) is 3.86. The first-order valence-corrected chi connectivity index (χ1v) is 9.17. The Morgan fingerprint density at radius 1 is 1.26 bits per heavy atom. The van der Waals surface area contributed by atoms with Crippen molar-refractivity contribution in [2.45, 2.75) is 29.9 Å². The van der Waals surface area contributed by atoms with Crippen LogP contribution in [0, 0.1) is 0 Å². The first kappa shape index (κ1) is 17.6. The van der Waals surface area contributed by atoms with Gasteiger partial charge in [0, 0.05) is 18.0 Å². The van der Waals surface area contributed by atoms with Gasteiger partial charge in [0.05, 0.1) is 11.2 Å². The van der Waals surface area contributed by atoms with Gasteiger partial charge in [0.15, 0.2) is 9.84 Å². The molecule has 0 radical (unpaired) electrons. The summed E-state index contributed by atoms with van der Waals surface area (Å²) < 4.78 is 31.0. The summed E-state index contributed by atoms with van der Waals surface area (Å²) in [5.41, 5.74) is 0. The van der Waals surface area contributed by atoms with E-state index in [0.29, 0.717) is 17.9 Å². The Hall–Kier alpha value is -1.79. The number of furan rings is 1. The number of amides is 1. The Labute approximate surface area is 140 Å². The fourth-order valence-electron chi connectivity index (χ4n) is 2.15. The van der Waals surface area contributed by atoms with E-state index >= 15 is 0 Å². The van der Waals surface area contributed by atoms with Crippen molar-refractivity contribution in [1.29, 1.82) is 0 Å². The maximum atomic E-state index is 12.9. The molecule has 1 atom stereocenters. The summed E-state index contributed by atoms with van der Waals surface area (Å²) in [6.45, 7) is 1.84. The Morgan fingerprint density at radius 2 is 1.96 bits per heavy atom. The quantitative estimate of drug-likeness (QED) is 0.826. The molecule has 0 spiro atoms. The predicted octanol–water partition coefficient (Wildman–Crippen LogP) is 3.36. The number of carbonyl (C=O) groups is 1. The van der Waals surface area contributed by atoms with Gasteiger partial charge < -0.3 is 9.73 Å². The van der Waals surface area contributed by atoms with Crippen molar-refractivity contribution in [2.24, 2.45) is 0 Å². The molecule has 2 rings (SSSR count). The standard InChI is InChI=1S/C16H18ClNO4S/c1-2-4-16(19)18-11-15(14-5-3-10-22-14)23(20,21)13-8-6-12(17)7-9-13/h3,5-10,15H,2,4,11H2,1H3,(H,18,19). The SMILES string of the molecule is CCCC(=O)NCC(c1ccco1)S(=O)(=O)c1ccc(Cl)cc1. The van der Waals surface area contributed by atoms with Crippen LogP contribution in [0.25, 0.3) is 0 Å². The molecule has 0 bridgehead atoms. The van der Waals surface area contributed by atoms with Crippen LogP contribution >= 0.6 is 11.6 Å². The van der Waals surface area contributed by atoms with Gasteiger partial charge in [-0.05, 0) is 42.8 Å². The van der Waals surface area contributed by atoms with Gasteiger partial charge in [-0.15, -0.1) is 0 Å². The van der Waals surface area contributed by atoms with Gasteiger partial charge in [-0.3, -0.25) is 4.79 Å². The molecule has 0 saturated carbocycles. The van der Waals surface area contributed by atoms with Crippen molar-refractivity contribution in [3.05, 3.63) is 53.4 Å². The first-order chi connectivity index (χ1) is 10.9. The smallest absolute Gasteiger partial charge is 0.220 e. The van der Waals surface area contributed by atoms with Gasteiger partial charge in [0.1, 0.15) is 11.0 Å². The Bertz CT molecular complexity index is 739. The molecular weight excluding hydrogens is 338 g/mol. The first-order valence-electron chi connectivity index (χ1n) is 7.24. The molecule has 7 heteroatoms. The molecule has 0 aliphatic carbocycles. The maximum Gasteiger partial charge on any atom is 0.220 e. The molecule has 1 aromatic carbocycles. The van der Waals surface area contributed by atoms with Crippen molar-refractivity contribution in [1.82, 2.24) is 5.32 Å². The summed E-state index contributed by atoms with van der Waals surface area (Å²) in [4.78, 5) is 11.8. The van der Waals surface area contributed by atoms with Gasteiger partial charge >= 0.3 is 0 Å². The Balaban J connectivity index is 2.29. The number of halogens is 1. The van der Waals surface area contributed by atoms with Crippen molar-refractivity contribution in [2.75, 3.05) is 6.54 Å². The lowest BCUT2D eigenvalue weighted by atomic mass is 10.3. The molecule has 0 fully saturated rings. The third-order valence-electron chi connectivity index (χ3n) is 3.34. The van der Waals surface area contributed by atoms with E-state index in [1.165, 1.54) is 30.5 Å². The van der Waals surface area contributed by atoms with Crippen LogP contribution in [-0.2, 0) is 14.6 Å². The number of rotatable bonds is 7. The zero-order chi connectivity index (χ0) is 16.9. The van der Waals surface area contributed by atoms with Crippen molar-refractivity contribution < 1.29 is 17.6 Å². The zero-order valence-electron chi connectivity index (χ0n) is 12.7. The summed E-state index contributed by atoms with van der Waals surface area (Å²) >= 11 is 5.81. The third-order valence-corrected chi connectivity index (χ3v) is 5.67. The minimum absolute atomic E-state index is 0.0443. The van der Waals surface area contributed by atoms with Crippen LogP contribution in [0.4, 0.5) is 0 Å². The molecule has 2 aromatic rings. The molecule has 0 saturated heterocycles. The number of sulfone groups is 1. The predicted molar refractivity (Wildman–Crippen MR) is 88.0 cm³/mol. The molecule has 5 nitrogen and oxygen atoms in total. The molecule has 1 heterocycles. The van der Waals surface area contributed by atoms with E-state index in [1.54, 1.807) is 12.1 Å². The molecule has 124 valence electrons. The second-order valence-electron chi connectivity index (χ2n) is 5.06. The fraction of sp³-hybridized carbons (Fsp3) is 0.312. The number of benzene rings is 1. The second kappa shape index (κ2) is 7.66. The molecule has 0 aliphatic heterocycles. The molecule has 1 aromatic heterocycles. The highest BCUT2D eigenvalue weighted by Crippen LogP contribution is 2.29. The van der Waals surface area contributed by atoms with Gasteiger partial charge in [0.25, 0.3) is 0 Å². The Kier molecular flexibility index (Phi) is 5.85.